The summed E-state index contributed by atoms with van der Waals surface area (Å²) >= 11 is 0. The topological polar surface area (TPSA) is 61.8 Å². The number of hydrogen-bond donors (Lipinski definition) is 2. The maximum atomic E-state index is 12.5. The van der Waals surface area contributed by atoms with Crippen LogP contribution in [0.15, 0.2) is 30.3 Å². The van der Waals surface area contributed by atoms with Crippen LogP contribution in [0.3, 0.4) is 0 Å². The van der Waals surface area contributed by atoms with Gasteiger partial charge in [0.1, 0.15) is 0 Å². The van der Waals surface area contributed by atoms with E-state index < -0.39 is 0 Å². The molecule has 0 atom stereocenters. The zero-order chi connectivity index (χ0) is 16.1. The maximum Gasteiger partial charge on any atom is 0.317 e. The Labute approximate surface area is 137 Å². The van der Waals surface area contributed by atoms with Crippen molar-refractivity contribution in [2.75, 3.05) is 32.9 Å². The maximum absolute atomic E-state index is 12.5. The molecular weight excluding hydrogens is 292 g/mol. The second-order valence-electron chi connectivity index (χ2n) is 6.57. The number of ether oxygens (including phenoxy) is 1. The first-order valence-electron chi connectivity index (χ1n) is 8.54. The minimum atomic E-state index is -0.0525. The highest BCUT2D eigenvalue weighted by Crippen LogP contribution is 2.34. The predicted octanol–water partition coefficient (Wildman–Crippen LogP) is 1.90. The first kappa shape index (κ1) is 16.3. The molecule has 1 aromatic carbocycles. The minimum Gasteiger partial charge on any atom is -0.395 e. The fourth-order valence-corrected chi connectivity index (χ4v) is 3.41. The molecule has 0 spiro atoms. The largest absolute Gasteiger partial charge is 0.395 e. The average molecular weight is 318 g/mol. The monoisotopic (exact) mass is 318 g/mol. The van der Waals surface area contributed by atoms with Crippen LogP contribution in [0.2, 0.25) is 0 Å². The van der Waals surface area contributed by atoms with Crippen LogP contribution in [0.1, 0.15) is 31.2 Å². The van der Waals surface area contributed by atoms with Crippen molar-refractivity contribution in [1.82, 2.24) is 10.2 Å². The number of nitrogens with zero attached hydrogens (tertiary/aromatic N) is 1. The van der Waals surface area contributed by atoms with E-state index in [0.29, 0.717) is 19.1 Å². The van der Waals surface area contributed by atoms with Crippen molar-refractivity contribution in [1.29, 1.82) is 0 Å². The van der Waals surface area contributed by atoms with Crippen molar-refractivity contribution in [3.63, 3.8) is 0 Å². The zero-order valence-electron chi connectivity index (χ0n) is 13.5. The molecular formula is C18H26N2O3. The molecule has 0 unspecified atom stereocenters. The third kappa shape index (κ3) is 3.85. The van der Waals surface area contributed by atoms with E-state index in [2.05, 4.69) is 29.6 Å². The van der Waals surface area contributed by atoms with Gasteiger partial charge >= 0.3 is 6.03 Å². The summed E-state index contributed by atoms with van der Waals surface area (Å²) in [6.07, 6.45) is 3.93. The normalized spacial score (nSPS) is 20.0. The zero-order valence-corrected chi connectivity index (χ0v) is 13.5. The lowest BCUT2D eigenvalue weighted by Gasteiger charge is -2.38. The first-order chi connectivity index (χ1) is 11.2. The highest BCUT2D eigenvalue weighted by molar-refractivity contribution is 5.75. The highest BCUT2D eigenvalue weighted by atomic mass is 16.5. The molecule has 23 heavy (non-hydrogen) atoms. The van der Waals surface area contributed by atoms with Crippen LogP contribution in [-0.4, -0.2) is 55.0 Å². The molecule has 2 fully saturated rings. The standard InChI is InChI=1S/C18H26N2O3/c21-11-10-20(16-6-7-16)17(22)19-14-18(8-12-23-13-9-18)15-4-2-1-3-5-15/h1-5,16,21H,6-14H2,(H,19,22). The lowest BCUT2D eigenvalue weighted by Crippen LogP contribution is -2.49. The van der Waals surface area contributed by atoms with Gasteiger partial charge in [-0.1, -0.05) is 30.3 Å². The molecule has 0 aromatic heterocycles. The molecule has 2 N–H and O–H groups in total. The Kier molecular flexibility index (Phi) is 5.18. The van der Waals surface area contributed by atoms with E-state index in [1.165, 1.54) is 5.56 Å². The number of nitrogens with one attached hydrogen (secondary N) is 1. The van der Waals surface area contributed by atoms with Crippen molar-refractivity contribution < 1.29 is 14.6 Å². The summed E-state index contributed by atoms with van der Waals surface area (Å²) in [4.78, 5) is 14.3. The van der Waals surface area contributed by atoms with Gasteiger partial charge < -0.3 is 20.1 Å². The van der Waals surface area contributed by atoms with Crippen LogP contribution < -0.4 is 5.32 Å². The second-order valence-corrected chi connectivity index (χ2v) is 6.57. The average Bonchev–Trinajstić information content (AvgIpc) is 3.44. The molecule has 1 aromatic rings. The van der Waals surface area contributed by atoms with Gasteiger partial charge in [-0.2, -0.15) is 0 Å². The molecule has 1 heterocycles. The van der Waals surface area contributed by atoms with E-state index in [-0.39, 0.29) is 18.1 Å². The number of amides is 2. The van der Waals surface area contributed by atoms with Gasteiger partial charge in [0.2, 0.25) is 0 Å². The quantitative estimate of drug-likeness (QED) is 0.842. The van der Waals surface area contributed by atoms with Crippen molar-refractivity contribution in [2.24, 2.45) is 0 Å². The van der Waals surface area contributed by atoms with Gasteiger partial charge in [0.05, 0.1) is 6.61 Å². The van der Waals surface area contributed by atoms with Gasteiger partial charge in [-0.25, -0.2) is 4.79 Å². The fourth-order valence-electron chi connectivity index (χ4n) is 3.41. The molecule has 0 bridgehead atoms. The van der Waals surface area contributed by atoms with Crippen molar-refractivity contribution in [2.45, 2.75) is 37.1 Å². The van der Waals surface area contributed by atoms with E-state index in [1.54, 1.807) is 4.90 Å². The molecule has 1 saturated heterocycles. The van der Waals surface area contributed by atoms with Gasteiger partial charge in [0.15, 0.2) is 0 Å². The van der Waals surface area contributed by atoms with Crippen molar-refractivity contribution in [3.8, 4) is 0 Å². The van der Waals surface area contributed by atoms with E-state index in [0.717, 1.165) is 38.9 Å². The summed E-state index contributed by atoms with van der Waals surface area (Å²) in [6.45, 7) is 2.51. The van der Waals surface area contributed by atoms with E-state index in [9.17, 15) is 4.79 Å². The Morgan fingerprint density at radius 3 is 2.57 bits per heavy atom. The SMILES string of the molecule is O=C(NCC1(c2ccccc2)CCOCC1)N(CCO)C1CC1. The summed E-state index contributed by atoms with van der Waals surface area (Å²) < 4.78 is 5.53. The molecule has 5 nitrogen and oxygen atoms in total. The number of hydrogen-bond acceptors (Lipinski definition) is 3. The molecule has 3 rings (SSSR count). The van der Waals surface area contributed by atoms with Crippen molar-refractivity contribution in [3.05, 3.63) is 35.9 Å². The number of benzene rings is 1. The number of aliphatic hydroxyl groups is 1. The Morgan fingerprint density at radius 2 is 1.96 bits per heavy atom. The fraction of sp³-hybridized carbons (Fsp3) is 0.611. The van der Waals surface area contributed by atoms with Crippen molar-refractivity contribution >= 4 is 6.03 Å². The number of aliphatic hydroxyl groups excluding tert-OH is 1. The lowest BCUT2D eigenvalue weighted by atomic mass is 9.74. The molecule has 2 aliphatic rings. The molecule has 1 saturated carbocycles. The Hall–Kier alpha value is -1.59. The summed E-state index contributed by atoms with van der Waals surface area (Å²) in [7, 11) is 0. The van der Waals surface area contributed by atoms with Crippen LogP contribution in [0.5, 0.6) is 0 Å². The van der Waals surface area contributed by atoms with Gasteiger partial charge in [-0.05, 0) is 31.2 Å². The number of rotatable bonds is 6. The molecule has 2 amide bonds. The third-order valence-electron chi connectivity index (χ3n) is 5.00. The summed E-state index contributed by atoms with van der Waals surface area (Å²) in [6, 6.07) is 10.7. The molecule has 0 radical (unpaired) electrons. The molecule has 5 heteroatoms. The Bertz CT molecular complexity index is 510. The lowest BCUT2D eigenvalue weighted by molar-refractivity contribution is 0.0500. The van der Waals surface area contributed by atoms with Gasteiger partial charge in [-0.3, -0.25) is 0 Å². The van der Waals surface area contributed by atoms with E-state index in [4.69, 9.17) is 9.84 Å². The minimum absolute atomic E-state index is 0.0155. The van der Waals surface area contributed by atoms with Crippen LogP contribution in [0.4, 0.5) is 4.79 Å². The molecule has 1 aliphatic heterocycles. The van der Waals surface area contributed by atoms with Crippen LogP contribution >= 0.6 is 0 Å². The first-order valence-corrected chi connectivity index (χ1v) is 8.54. The Balaban J connectivity index is 1.68. The second kappa shape index (κ2) is 7.32. The van der Waals surface area contributed by atoms with Crippen LogP contribution in [0.25, 0.3) is 0 Å². The third-order valence-corrected chi connectivity index (χ3v) is 5.00. The summed E-state index contributed by atoms with van der Waals surface area (Å²) in [5, 5.41) is 12.3. The van der Waals surface area contributed by atoms with Gasteiger partial charge in [-0.15, -0.1) is 0 Å². The smallest absolute Gasteiger partial charge is 0.317 e. The van der Waals surface area contributed by atoms with E-state index >= 15 is 0 Å². The van der Waals surface area contributed by atoms with Gasteiger partial charge in [0, 0.05) is 37.8 Å². The molecule has 126 valence electrons. The predicted molar refractivity (Wildman–Crippen MR) is 88.4 cm³/mol. The van der Waals surface area contributed by atoms with Gasteiger partial charge in [0.25, 0.3) is 0 Å². The van der Waals surface area contributed by atoms with Crippen LogP contribution in [0, 0.1) is 0 Å². The molecule has 1 aliphatic carbocycles. The Morgan fingerprint density at radius 1 is 1.26 bits per heavy atom. The summed E-state index contributed by atoms with van der Waals surface area (Å²) in [5.41, 5.74) is 1.22. The number of carbonyl (C=O) groups is 1. The number of carbonyl (C=O) groups excluding carboxylic acids is 1. The van der Waals surface area contributed by atoms with Crippen LogP contribution in [-0.2, 0) is 10.2 Å². The number of urea groups is 1. The summed E-state index contributed by atoms with van der Waals surface area (Å²) in [5.74, 6) is 0. The highest BCUT2D eigenvalue weighted by Gasteiger charge is 2.37. The van der Waals surface area contributed by atoms with E-state index in [1.807, 2.05) is 6.07 Å².